The lowest BCUT2D eigenvalue weighted by molar-refractivity contribution is -0.130. The summed E-state index contributed by atoms with van der Waals surface area (Å²) in [5, 5.41) is 8.83. The van der Waals surface area contributed by atoms with Crippen molar-refractivity contribution in [2.45, 2.75) is 32.2 Å². The van der Waals surface area contributed by atoms with Gasteiger partial charge in [0, 0.05) is 68.4 Å². The summed E-state index contributed by atoms with van der Waals surface area (Å²) in [5.41, 5.74) is 2.33. The minimum Gasteiger partial charge on any atom is -0.361 e. The topological polar surface area (TPSA) is 75.8 Å². The predicted molar refractivity (Wildman–Crippen MR) is 124 cm³/mol. The number of aromatic amines is 1. The lowest BCUT2D eigenvalue weighted by Gasteiger charge is -2.33. The molecular weight excluding hydrogens is 400 g/mol. The van der Waals surface area contributed by atoms with Crippen LogP contribution in [-0.4, -0.2) is 79.5 Å². The van der Waals surface area contributed by atoms with Gasteiger partial charge in [-0.25, -0.2) is 0 Å². The molecule has 3 rings (SSSR count). The van der Waals surface area contributed by atoms with Gasteiger partial charge in [-0.05, 0) is 49.9 Å². The van der Waals surface area contributed by atoms with E-state index < -0.39 is 0 Å². The van der Waals surface area contributed by atoms with Crippen molar-refractivity contribution in [2.24, 2.45) is 4.99 Å². The molecule has 0 unspecified atom stereocenters. The molecule has 0 radical (unpaired) electrons. The van der Waals surface area contributed by atoms with E-state index in [9.17, 15) is 4.79 Å². The van der Waals surface area contributed by atoms with Gasteiger partial charge in [0.2, 0.25) is 5.91 Å². The number of likely N-dealkylation sites (N-methyl/N-ethyl adjacent to an activating group) is 1. The van der Waals surface area contributed by atoms with Crippen LogP contribution in [0.5, 0.6) is 0 Å². The maximum Gasteiger partial charge on any atom is 0.236 e. The van der Waals surface area contributed by atoms with Crippen molar-refractivity contribution in [1.29, 1.82) is 0 Å². The summed E-state index contributed by atoms with van der Waals surface area (Å²) in [5.74, 6) is 1.02. The van der Waals surface area contributed by atoms with Crippen LogP contribution in [0.25, 0.3) is 10.9 Å². The first-order valence-corrected chi connectivity index (χ1v) is 11.1. The summed E-state index contributed by atoms with van der Waals surface area (Å²) < 4.78 is 0. The standard InChI is InChI=1S/C22H33ClN6O/c1-4-24-22(27-18-8-11-29(12-9-18)15-21(30)28(2)3)25-10-7-16-14-26-20-6-5-17(23)13-19(16)20/h5-6,13-14,18,26H,4,7-12,15H2,1-3H3,(H2,24,25,27). The van der Waals surface area contributed by atoms with E-state index in [2.05, 4.69) is 27.4 Å². The molecule has 3 N–H and O–H groups in total. The molecule has 8 heteroatoms. The van der Waals surface area contributed by atoms with Gasteiger partial charge in [-0.2, -0.15) is 0 Å². The monoisotopic (exact) mass is 432 g/mol. The van der Waals surface area contributed by atoms with Crippen molar-refractivity contribution in [3.8, 4) is 0 Å². The number of hydrogen-bond donors (Lipinski definition) is 3. The van der Waals surface area contributed by atoms with Crippen LogP contribution in [0.1, 0.15) is 25.3 Å². The molecule has 0 saturated carbocycles. The number of hydrogen-bond acceptors (Lipinski definition) is 3. The fraction of sp³-hybridized carbons (Fsp3) is 0.545. The molecule has 0 spiro atoms. The van der Waals surface area contributed by atoms with E-state index in [1.165, 1.54) is 5.56 Å². The first-order chi connectivity index (χ1) is 14.5. The van der Waals surface area contributed by atoms with Crippen LogP contribution < -0.4 is 10.6 Å². The van der Waals surface area contributed by atoms with Gasteiger partial charge in [0.15, 0.2) is 5.96 Å². The van der Waals surface area contributed by atoms with Gasteiger partial charge >= 0.3 is 0 Å². The predicted octanol–water partition coefficient (Wildman–Crippen LogP) is 2.47. The molecule has 30 heavy (non-hydrogen) atoms. The minimum absolute atomic E-state index is 0.162. The van der Waals surface area contributed by atoms with Crippen LogP contribution in [0.4, 0.5) is 0 Å². The molecule has 1 aliphatic rings. The Morgan fingerprint density at radius 1 is 1.33 bits per heavy atom. The number of piperidine rings is 1. The van der Waals surface area contributed by atoms with Gasteiger partial charge in [-0.3, -0.25) is 14.7 Å². The molecule has 1 saturated heterocycles. The molecule has 0 aliphatic carbocycles. The van der Waals surface area contributed by atoms with Gasteiger partial charge in [0.25, 0.3) is 0 Å². The van der Waals surface area contributed by atoms with Crippen molar-refractivity contribution >= 4 is 34.4 Å². The van der Waals surface area contributed by atoms with Crippen molar-refractivity contribution in [3.05, 3.63) is 35.0 Å². The number of guanidine groups is 1. The van der Waals surface area contributed by atoms with E-state index in [0.29, 0.717) is 19.1 Å². The van der Waals surface area contributed by atoms with Gasteiger partial charge in [-0.1, -0.05) is 11.6 Å². The third kappa shape index (κ3) is 6.12. The normalized spacial score (nSPS) is 16.1. The highest BCUT2D eigenvalue weighted by atomic mass is 35.5. The van der Waals surface area contributed by atoms with Gasteiger partial charge < -0.3 is 20.5 Å². The molecule has 0 atom stereocenters. The summed E-state index contributed by atoms with van der Waals surface area (Å²) in [4.78, 5) is 23.9. The Kier molecular flexibility index (Phi) is 7.99. The van der Waals surface area contributed by atoms with E-state index in [4.69, 9.17) is 16.6 Å². The average Bonchev–Trinajstić information content (AvgIpc) is 3.11. The molecule has 1 aromatic carbocycles. The molecule has 1 amide bonds. The molecule has 2 aromatic rings. The number of aromatic nitrogens is 1. The molecule has 0 bridgehead atoms. The van der Waals surface area contributed by atoms with Crippen molar-refractivity contribution in [2.75, 3.05) is 46.8 Å². The number of halogens is 1. The Hall–Kier alpha value is -2.25. The zero-order valence-corrected chi connectivity index (χ0v) is 18.9. The molecule has 1 aliphatic heterocycles. The van der Waals surface area contributed by atoms with Crippen molar-refractivity contribution in [1.82, 2.24) is 25.4 Å². The van der Waals surface area contributed by atoms with Crippen LogP contribution >= 0.6 is 11.6 Å². The summed E-state index contributed by atoms with van der Waals surface area (Å²) >= 11 is 6.15. The smallest absolute Gasteiger partial charge is 0.236 e. The highest BCUT2D eigenvalue weighted by molar-refractivity contribution is 6.31. The highest BCUT2D eigenvalue weighted by Gasteiger charge is 2.22. The number of carbonyl (C=O) groups excluding carboxylic acids is 1. The first kappa shape index (κ1) is 22.4. The second-order valence-corrected chi connectivity index (χ2v) is 8.43. The lowest BCUT2D eigenvalue weighted by atomic mass is 10.1. The molecular formula is C22H33ClN6O. The third-order valence-corrected chi connectivity index (χ3v) is 5.75. The number of fused-ring (bicyclic) bond motifs is 1. The van der Waals surface area contributed by atoms with E-state index in [1.807, 2.05) is 24.4 Å². The number of nitrogens with one attached hydrogen (secondary N) is 3. The highest BCUT2D eigenvalue weighted by Crippen LogP contribution is 2.22. The maximum absolute atomic E-state index is 11.9. The fourth-order valence-corrected chi connectivity index (χ4v) is 3.90. The summed E-state index contributed by atoms with van der Waals surface area (Å²) in [6, 6.07) is 6.29. The second kappa shape index (κ2) is 10.7. The van der Waals surface area contributed by atoms with Crippen LogP contribution in [0, 0.1) is 0 Å². The van der Waals surface area contributed by atoms with Crippen LogP contribution in [0.15, 0.2) is 29.4 Å². The van der Waals surface area contributed by atoms with Gasteiger partial charge in [0.05, 0.1) is 6.54 Å². The Morgan fingerprint density at radius 2 is 2.10 bits per heavy atom. The lowest BCUT2D eigenvalue weighted by Crippen LogP contribution is -2.50. The maximum atomic E-state index is 11.9. The van der Waals surface area contributed by atoms with Crippen LogP contribution in [0.3, 0.4) is 0 Å². The number of aliphatic imine (C=N–C) groups is 1. The van der Waals surface area contributed by atoms with E-state index in [-0.39, 0.29) is 5.91 Å². The van der Waals surface area contributed by atoms with Crippen LogP contribution in [0.2, 0.25) is 5.02 Å². The van der Waals surface area contributed by atoms with E-state index >= 15 is 0 Å². The summed E-state index contributed by atoms with van der Waals surface area (Å²) in [6.45, 7) is 5.95. The number of H-pyrrole nitrogens is 1. The second-order valence-electron chi connectivity index (χ2n) is 8.00. The largest absolute Gasteiger partial charge is 0.361 e. The Bertz CT molecular complexity index is 870. The minimum atomic E-state index is 0.162. The summed E-state index contributed by atoms with van der Waals surface area (Å²) in [6.07, 6.45) is 4.90. The van der Waals surface area contributed by atoms with E-state index in [0.717, 1.165) is 60.8 Å². The fourth-order valence-electron chi connectivity index (χ4n) is 3.73. The molecule has 7 nitrogen and oxygen atoms in total. The average molecular weight is 433 g/mol. The van der Waals surface area contributed by atoms with Crippen molar-refractivity contribution < 1.29 is 4.79 Å². The number of nitrogens with zero attached hydrogens (tertiary/aromatic N) is 3. The number of rotatable bonds is 7. The van der Waals surface area contributed by atoms with Crippen molar-refractivity contribution in [3.63, 3.8) is 0 Å². The molecule has 1 fully saturated rings. The van der Waals surface area contributed by atoms with Crippen LogP contribution in [-0.2, 0) is 11.2 Å². The number of likely N-dealkylation sites (tertiary alicyclic amines) is 1. The van der Waals surface area contributed by atoms with E-state index in [1.54, 1.807) is 19.0 Å². The number of amides is 1. The Balaban J connectivity index is 1.51. The summed E-state index contributed by atoms with van der Waals surface area (Å²) in [7, 11) is 3.61. The third-order valence-electron chi connectivity index (χ3n) is 5.51. The molecule has 2 heterocycles. The zero-order chi connectivity index (χ0) is 21.5. The number of benzene rings is 1. The van der Waals surface area contributed by atoms with Gasteiger partial charge in [0.1, 0.15) is 0 Å². The Morgan fingerprint density at radius 3 is 2.80 bits per heavy atom. The first-order valence-electron chi connectivity index (χ1n) is 10.7. The number of carbonyl (C=O) groups is 1. The Labute approximate surface area is 183 Å². The zero-order valence-electron chi connectivity index (χ0n) is 18.2. The molecule has 1 aromatic heterocycles. The van der Waals surface area contributed by atoms with Gasteiger partial charge in [-0.15, -0.1) is 0 Å². The molecule has 164 valence electrons. The SMILES string of the molecule is CCNC(=NCCc1c[nH]c2ccc(Cl)cc12)NC1CCN(CC(=O)N(C)C)CC1. The quantitative estimate of drug-likeness (QED) is 0.464.